The molecule has 1 fully saturated rings. The van der Waals surface area contributed by atoms with Gasteiger partial charge in [-0.1, -0.05) is 32.1 Å². The minimum Gasteiger partial charge on any atom is -0.466 e. The van der Waals surface area contributed by atoms with Crippen molar-refractivity contribution in [2.24, 2.45) is 0 Å². The predicted molar refractivity (Wildman–Crippen MR) is 70.0 cm³/mol. The fraction of sp³-hybridized carbons (Fsp3) is 0.929. The molecule has 100 valence electrons. The lowest BCUT2D eigenvalue weighted by molar-refractivity contribution is -0.146. The van der Waals surface area contributed by atoms with Crippen molar-refractivity contribution in [2.75, 3.05) is 20.7 Å². The Hall–Kier alpha value is -0.570. The number of esters is 1. The first-order valence-corrected chi connectivity index (χ1v) is 6.94. The van der Waals surface area contributed by atoms with Crippen LogP contribution in [0.5, 0.6) is 0 Å². The molecular weight excluding hydrogens is 214 g/mol. The van der Waals surface area contributed by atoms with Crippen LogP contribution in [0, 0.1) is 0 Å². The number of rotatable bonds is 4. The van der Waals surface area contributed by atoms with Gasteiger partial charge in [-0.15, -0.1) is 0 Å². The maximum atomic E-state index is 11.8. The van der Waals surface area contributed by atoms with E-state index in [2.05, 4.69) is 19.0 Å². The summed E-state index contributed by atoms with van der Waals surface area (Å²) in [5.41, 5.74) is 0.0344. The molecule has 0 aliphatic heterocycles. The molecule has 3 heteroatoms. The average Bonchev–Trinajstić information content (AvgIpc) is 2.22. The van der Waals surface area contributed by atoms with E-state index in [0.29, 0.717) is 13.0 Å². The Morgan fingerprint density at radius 3 is 2.12 bits per heavy atom. The normalized spacial score (nSPS) is 20.7. The van der Waals surface area contributed by atoms with Gasteiger partial charge >= 0.3 is 5.97 Å². The van der Waals surface area contributed by atoms with E-state index in [-0.39, 0.29) is 11.5 Å². The quantitative estimate of drug-likeness (QED) is 0.709. The van der Waals surface area contributed by atoms with Crippen LogP contribution in [-0.2, 0) is 9.53 Å². The second-order valence-corrected chi connectivity index (χ2v) is 5.37. The fourth-order valence-corrected chi connectivity index (χ4v) is 2.83. The Morgan fingerprint density at radius 2 is 1.65 bits per heavy atom. The molecule has 0 radical (unpaired) electrons. The lowest BCUT2D eigenvalue weighted by atomic mass is 9.80. The molecule has 0 bridgehead atoms. The van der Waals surface area contributed by atoms with Gasteiger partial charge in [0, 0.05) is 5.54 Å². The standard InChI is InChI=1S/C14H27NO2/c1-4-17-13(16)12-14(15(2)3)10-8-6-5-7-9-11-14/h4-12H2,1-3H3. The summed E-state index contributed by atoms with van der Waals surface area (Å²) in [7, 11) is 4.20. The molecule has 17 heavy (non-hydrogen) atoms. The third-order valence-electron chi connectivity index (χ3n) is 4.01. The van der Waals surface area contributed by atoms with Gasteiger partial charge < -0.3 is 9.64 Å². The van der Waals surface area contributed by atoms with E-state index in [9.17, 15) is 4.79 Å². The number of hydrogen-bond acceptors (Lipinski definition) is 3. The molecule has 0 amide bonds. The maximum absolute atomic E-state index is 11.8. The number of carbonyl (C=O) groups excluding carboxylic acids is 1. The average molecular weight is 241 g/mol. The van der Waals surface area contributed by atoms with Crippen LogP contribution < -0.4 is 0 Å². The van der Waals surface area contributed by atoms with Crippen molar-refractivity contribution in [3.05, 3.63) is 0 Å². The Labute approximate surface area is 106 Å². The smallest absolute Gasteiger partial charge is 0.307 e. The molecule has 0 heterocycles. The molecule has 0 atom stereocenters. The van der Waals surface area contributed by atoms with Crippen molar-refractivity contribution in [3.63, 3.8) is 0 Å². The fourth-order valence-electron chi connectivity index (χ4n) is 2.83. The van der Waals surface area contributed by atoms with Gasteiger partial charge in [0.2, 0.25) is 0 Å². The maximum Gasteiger partial charge on any atom is 0.307 e. The zero-order valence-corrected chi connectivity index (χ0v) is 11.6. The van der Waals surface area contributed by atoms with E-state index in [4.69, 9.17) is 4.74 Å². The van der Waals surface area contributed by atoms with Crippen molar-refractivity contribution in [2.45, 2.75) is 63.8 Å². The predicted octanol–water partition coefficient (Wildman–Crippen LogP) is 2.98. The van der Waals surface area contributed by atoms with Crippen LogP contribution in [0.4, 0.5) is 0 Å². The topological polar surface area (TPSA) is 29.5 Å². The third kappa shape index (κ3) is 4.30. The van der Waals surface area contributed by atoms with Crippen molar-refractivity contribution in [1.29, 1.82) is 0 Å². The number of hydrogen-bond donors (Lipinski definition) is 0. The highest BCUT2D eigenvalue weighted by Gasteiger charge is 2.35. The zero-order valence-electron chi connectivity index (χ0n) is 11.6. The van der Waals surface area contributed by atoms with Gasteiger partial charge in [0.1, 0.15) is 0 Å². The summed E-state index contributed by atoms with van der Waals surface area (Å²) >= 11 is 0. The van der Waals surface area contributed by atoms with E-state index in [1.165, 1.54) is 32.1 Å². The molecule has 0 aromatic heterocycles. The molecule has 1 saturated carbocycles. The Morgan fingerprint density at radius 1 is 1.12 bits per heavy atom. The molecule has 1 rings (SSSR count). The van der Waals surface area contributed by atoms with Gasteiger partial charge in [-0.05, 0) is 33.9 Å². The van der Waals surface area contributed by atoms with Crippen LogP contribution in [0.1, 0.15) is 58.3 Å². The molecule has 0 N–H and O–H groups in total. The van der Waals surface area contributed by atoms with Gasteiger partial charge in [-0.3, -0.25) is 4.79 Å². The molecular formula is C14H27NO2. The van der Waals surface area contributed by atoms with Gasteiger partial charge in [0.05, 0.1) is 13.0 Å². The summed E-state index contributed by atoms with van der Waals surface area (Å²) in [6, 6.07) is 0. The van der Waals surface area contributed by atoms with Crippen LogP contribution >= 0.6 is 0 Å². The molecule has 1 aliphatic rings. The zero-order chi connectivity index (χ0) is 12.7. The van der Waals surface area contributed by atoms with Crippen molar-refractivity contribution < 1.29 is 9.53 Å². The van der Waals surface area contributed by atoms with Crippen molar-refractivity contribution >= 4 is 5.97 Å². The summed E-state index contributed by atoms with van der Waals surface area (Å²) in [6.07, 6.45) is 9.22. The van der Waals surface area contributed by atoms with Crippen molar-refractivity contribution in [1.82, 2.24) is 4.90 Å². The number of ether oxygens (including phenoxy) is 1. The Balaban J connectivity index is 2.67. The highest BCUT2D eigenvalue weighted by atomic mass is 16.5. The van der Waals surface area contributed by atoms with Crippen LogP contribution in [0.15, 0.2) is 0 Å². The number of nitrogens with zero attached hydrogens (tertiary/aromatic N) is 1. The second-order valence-electron chi connectivity index (χ2n) is 5.37. The minimum absolute atomic E-state index is 0.0344. The lowest BCUT2D eigenvalue weighted by Crippen LogP contribution is -2.46. The molecule has 0 saturated heterocycles. The SMILES string of the molecule is CCOC(=O)CC1(N(C)C)CCCCCCC1. The van der Waals surface area contributed by atoms with Crippen LogP contribution in [0.25, 0.3) is 0 Å². The first-order valence-electron chi connectivity index (χ1n) is 6.94. The van der Waals surface area contributed by atoms with E-state index in [1.807, 2.05) is 6.92 Å². The molecule has 3 nitrogen and oxygen atoms in total. The van der Waals surface area contributed by atoms with Crippen LogP contribution in [-0.4, -0.2) is 37.1 Å². The Bertz CT molecular complexity index is 230. The van der Waals surface area contributed by atoms with E-state index >= 15 is 0 Å². The summed E-state index contributed by atoms with van der Waals surface area (Å²) in [4.78, 5) is 14.0. The molecule has 0 unspecified atom stereocenters. The lowest BCUT2D eigenvalue weighted by Gasteiger charge is -2.40. The van der Waals surface area contributed by atoms with E-state index in [1.54, 1.807) is 0 Å². The number of carbonyl (C=O) groups is 1. The third-order valence-corrected chi connectivity index (χ3v) is 4.01. The van der Waals surface area contributed by atoms with E-state index < -0.39 is 0 Å². The van der Waals surface area contributed by atoms with Crippen LogP contribution in [0.2, 0.25) is 0 Å². The van der Waals surface area contributed by atoms with Gasteiger partial charge in [-0.25, -0.2) is 0 Å². The molecule has 1 aliphatic carbocycles. The first kappa shape index (κ1) is 14.5. The van der Waals surface area contributed by atoms with E-state index in [0.717, 1.165) is 12.8 Å². The van der Waals surface area contributed by atoms with Gasteiger partial charge in [-0.2, -0.15) is 0 Å². The molecule has 0 aromatic rings. The highest BCUT2D eigenvalue weighted by molar-refractivity contribution is 5.70. The summed E-state index contributed by atoms with van der Waals surface area (Å²) < 4.78 is 5.13. The first-order chi connectivity index (χ1) is 8.10. The highest BCUT2D eigenvalue weighted by Crippen LogP contribution is 2.33. The summed E-state index contributed by atoms with van der Waals surface area (Å²) in [5, 5.41) is 0. The molecule has 0 aromatic carbocycles. The summed E-state index contributed by atoms with van der Waals surface area (Å²) in [6.45, 7) is 2.36. The Kier molecular flexibility index (Phi) is 5.96. The van der Waals surface area contributed by atoms with Crippen LogP contribution in [0.3, 0.4) is 0 Å². The monoisotopic (exact) mass is 241 g/mol. The largest absolute Gasteiger partial charge is 0.466 e. The summed E-state index contributed by atoms with van der Waals surface area (Å²) in [5.74, 6) is -0.0400. The van der Waals surface area contributed by atoms with Crippen molar-refractivity contribution in [3.8, 4) is 0 Å². The molecule has 0 spiro atoms. The van der Waals surface area contributed by atoms with Gasteiger partial charge in [0.25, 0.3) is 0 Å². The second kappa shape index (κ2) is 7.00. The van der Waals surface area contributed by atoms with Gasteiger partial charge in [0.15, 0.2) is 0 Å². The minimum atomic E-state index is -0.0400.